The van der Waals surface area contributed by atoms with Crippen LogP contribution in [0.2, 0.25) is 0 Å². The third-order valence-corrected chi connectivity index (χ3v) is 3.05. The molecule has 2 saturated heterocycles. The number of rotatable bonds is 2. The van der Waals surface area contributed by atoms with E-state index in [1.165, 1.54) is 6.42 Å². The Balaban J connectivity index is 1.91. The first-order valence-corrected chi connectivity index (χ1v) is 5.16. The minimum absolute atomic E-state index is 0.492. The second kappa shape index (κ2) is 2.29. The normalized spacial score (nSPS) is 46.7. The molecule has 3 aliphatic rings. The van der Waals surface area contributed by atoms with Crippen LogP contribution in [-0.4, -0.2) is 29.1 Å². The summed E-state index contributed by atoms with van der Waals surface area (Å²) in [6.45, 7) is 1.11. The van der Waals surface area contributed by atoms with Crippen molar-refractivity contribution in [2.24, 2.45) is 5.92 Å². The molecule has 1 saturated carbocycles. The number of hydrogen-bond donors (Lipinski definition) is 2. The van der Waals surface area contributed by atoms with Crippen LogP contribution >= 0.6 is 0 Å². The molecule has 4 unspecified atom stereocenters. The predicted molar refractivity (Wildman–Crippen MR) is 40.9 cm³/mol. The molecule has 1 aliphatic carbocycles. The van der Waals surface area contributed by atoms with E-state index in [1.54, 1.807) is 6.26 Å². The highest BCUT2D eigenvalue weighted by Crippen LogP contribution is 2.33. The third kappa shape index (κ3) is 0.909. The Bertz CT molecular complexity index is 159. The molecule has 10 heavy (non-hydrogen) atoms. The Morgan fingerprint density at radius 2 is 2.50 bits per heavy atom. The Morgan fingerprint density at radius 3 is 2.90 bits per heavy atom. The van der Waals surface area contributed by atoms with Gasteiger partial charge in [0, 0.05) is 18.3 Å². The smallest absolute Gasteiger partial charge is 0.0886 e. The molecule has 3 nitrogen and oxygen atoms in total. The first-order chi connectivity index (χ1) is 4.77. The van der Waals surface area contributed by atoms with Crippen molar-refractivity contribution in [1.82, 2.24) is 10.0 Å². The molecule has 3 fully saturated rings. The van der Waals surface area contributed by atoms with Crippen molar-refractivity contribution in [2.75, 3.05) is 12.8 Å². The summed E-state index contributed by atoms with van der Waals surface area (Å²) in [4.78, 5) is 0. The molecule has 0 aromatic heterocycles. The van der Waals surface area contributed by atoms with Crippen LogP contribution in [0.3, 0.4) is 0 Å². The van der Waals surface area contributed by atoms with E-state index in [4.69, 9.17) is 0 Å². The summed E-state index contributed by atoms with van der Waals surface area (Å²) >= 11 is 0. The van der Waals surface area contributed by atoms with Crippen molar-refractivity contribution in [1.29, 1.82) is 0 Å². The topological polar surface area (TPSA) is 41.1 Å². The first kappa shape index (κ1) is 6.76. The number of nitrogens with one attached hydrogen (secondary N) is 2. The van der Waals surface area contributed by atoms with E-state index in [0.717, 1.165) is 12.5 Å². The lowest BCUT2D eigenvalue weighted by molar-refractivity contribution is 0.284. The van der Waals surface area contributed by atoms with Gasteiger partial charge in [-0.05, 0) is 18.9 Å². The first-order valence-electron chi connectivity index (χ1n) is 3.60. The predicted octanol–water partition coefficient (Wildman–Crippen LogP) is -0.770. The summed E-state index contributed by atoms with van der Waals surface area (Å²) < 4.78 is 13.8. The highest BCUT2D eigenvalue weighted by atomic mass is 32.2. The Labute approximate surface area is 63.2 Å². The molecule has 0 aromatic rings. The Morgan fingerprint density at radius 1 is 1.70 bits per heavy atom. The molecule has 2 bridgehead atoms. The zero-order chi connectivity index (χ0) is 7.14. The van der Waals surface area contributed by atoms with Crippen molar-refractivity contribution >= 4 is 11.0 Å². The van der Waals surface area contributed by atoms with Crippen molar-refractivity contribution in [3.63, 3.8) is 0 Å². The van der Waals surface area contributed by atoms with Gasteiger partial charge in [-0.3, -0.25) is 0 Å². The molecular formula is C6H12N2OS. The minimum atomic E-state index is -0.836. The molecule has 2 aliphatic heterocycles. The van der Waals surface area contributed by atoms with Gasteiger partial charge in [-0.2, -0.15) is 0 Å². The maximum Gasteiger partial charge on any atom is 0.0886 e. The molecule has 2 N–H and O–H groups in total. The van der Waals surface area contributed by atoms with Crippen LogP contribution < -0.4 is 10.0 Å². The van der Waals surface area contributed by atoms with Gasteiger partial charge in [-0.25, -0.2) is 8.93 Å². The minimum Gasteiger partial charge on any atom is -0.312 e. The summed E-state index contributed by atoms with van der Waals surface area (Å²) in [5.74, 6) is 0.744. The molecule has 0 aromatic carbocycles. The van der Waals surface area contributed by atoms with Gasteiger partial charge < -0.3 is 5.32 Å². The Hall–Kier alpha value is 0.0700. The van der Waals surface area contributed by atoms with E-state index in [9.17, 15) is 4.21 Å². The van der Waals surface area contributed by atoms with E-state index in [2.05, 4.69) is 10.0 Å². The van der Waals surface area contributed by atoms with E-state index in [0.29, 0.717) is 12.1 Å². The summed E-state index contributed by atoms with van der Waals surface area (Å²) in [5, 5.41) is 3.35. The molecule has 0 radical (unpaired) electrons. The van der Waals surface area contributed by atoms with Gasteiger partial charge in [0.1, 0.15) is 0 Å². The average Bonchev–Trinajstić information content (AvgIpc) is 2.39. The van der Waals surface area contributed by atoms with Gasteiger partial charge in [-0.1, -0.05) is 0 Å². The fraction of sp³-hybridized carbons (Fsp3) is 1.00. The van der Waals surface area contributed by atoms with Crippen LogP contribution in [0.15, 0.2) is 0 Å². The summed E-state index contributed by atoms with van der Waals surface area (Å²) in [6, 6.07) is 1.10. The SMILES string of the molecule is CS(=O)NC1C2CNC1C2. The molecule has 2 heterocycles. The van der Waals surface area contributed by atoms with Crippen molar-refractivity contribution in [3.05, 3.63) is 0 Å². The zero-order valence-corrected chi connectivity index (χ0v) is 6.78. The average molecular weight is 160 g/mol. The van der Waals surface area contributed by atoms with Crippen molar-refractivity contribution < 1.29 is 4.21 Å². The standard InChI is InChI=1S/C6H12N2OS/c1-10(9)8-6-4-2-5(6)7-3-4/h4-8H,2-3H2,1H3. The zero-order valence-electron chi connectivity index (χ0n) is 5.96. The van der Waals surface area contributed by atoms with Crippen LogP contribution in [0.5, 0.6) is 0 Å². The van der Waals surface area contributed by atoms with Gasteiger partial charge >= 0.3 is 0 Å². The number of fused-ring (bicyclic) bond motifs is 1. The summed E-state index contributed by atoms with van der Waals surface area (Å²) in [7, 11) is -0.836. The molecule has 58 valence electrons. The van der Waals surface area contributed by atoms with Crippen LogP contribution in [0.1, 0.15) is 6.42 Å². The van der Waals surface area contributed by atoms with Gasteiger partial charge in [0.2, 0.25) is 0 Å². The third-order valence-electron chi connectivity index (χ3n) is 2.44. The van der Waals surface area contributed by atoms with E-state index in [1.807, 2.05) is 0 Å². The molecule has 0 amide bonds. The lowest BCUT2D eigenvalue weighted by atomic mass is 9.81. The maximum absolute atomic E-state index is 10.7. The van der Waals surface area contributed by atoms with Gasteiger partial charge in [0.25, 0.3) is 0 Å². The van der Waals surface area contributed by atoms with Crippen LogP contribution in [-0.2, 0) is 11.0 Å². The summed E-state index contributed by atoms with van der Waals surface area (Å²) in [6.07, 6.45) is 2.96. The quantitative estimate of drug-likeness (QED) is 0.557. The molecular weight excluding hydrogens is 148 g/mol. The van der Waals surface area contributed by atoms with Crippen LogP contribution in [0, 0.1) is 5.92 Å². The monoisotopic (exact) mass is 160 g/mol. The molecule has 0 spiro atoms. The lowest BCUT2D eigenvalue weighted by Crippen LogP contribution is -2.52. The van der Waals surface area contributed by atoms with Crippen molar-refractivity contribution in [3.8, 4) is 0 Å². The second-order valence-corrected chi connectivity index (χ2v) is 4.25. The maximum atomic E-state index is 10.7. The second-order valence-electron chi connectivity index (χ2n) is 3.11. The van der Waals surface area contributed by atoms with Crippen molar-refractivity contribution in [2.45, 2.75) is 18.5 Å². The lowest BCUT2D eigenvalue weighted by Gasteiger charge is -2.34. The largest absolute Gasteiger partial charge is 0.312 e. The highest BCUT2D eigenvalue weighted by molar-refractivity contribution is 7.82. The molecule has 4 atom stereocenters. The number of hydrogen-bond acceptors (Lipinski definition) is 2. The van der Waals surface area contributed by atoms with Gasteiger partial charge in [0.15, 0.2) is 0 Å². The van der Waals surface area contributed by atoms with E-state index < -0.39 is 11.0 Å². The van der Waals surface area contributed by atoms with E-state index in [-0.39, 0.29) is 0 Å². The van der Waals surface area contributed by atoms with Gasteiger partial charge in [-0.15, -0.1) is 0 Å². The van der Waals surface area contributed by atoms with E-state index >= 15 is 0 Å². The van der Waals surface area contributed by atoms with Crippen LogP contribution in [0.25, 0.3) is 0 Å². The van der Waals surface area contributed by atoms with Crippen LogP contribution in [0.4, 0.5) is 0 Å². The molecule has 4 heteroatoms. The Kier molecular flexibility index (Phi) is 1.55. The summed E-state index contributed by atoms with van der Waals surface area (Å²) in [5.41, 5.74) is 0. The molecule has 3 rings (SSSR count). The fourth-order valence-electron chi connectivity index (χ4n) is 1.85. The fourth-order valence-corrected chi connectivity index (χ4v) is 2.59. The van der Waals surface area contributed by atoms with Gasteiger partial charge in [0.05, 0.1) is 11.0 Å². The highest BCUT2D eigenvalue weighted by Gasteiger charge is 2.46.